The maximum absolute atomic E-state index is 12.5. The van der Waals surface area contributed by atoms with E-state index in [-0.39, 0.29) is 5.76 Å². The summed E-state index contributed by atoms with van der Waals surface area (Å²) < 4.78 is 47.6. The standard InChI is InChI=1S/C13H12F3NO2/c1-2-7-18-10-6-4-3-5-9(10)11-8-12(17-19-11)13(14,15)16/h3-6,8H,2,7H2,1H3. The van der Waals surface area contributed by atoms with Crippen LogP contribution in [0.25, 0.3) is 11.3 Å². The van der Waals surface area contributed by atoms with Crippen molar-refractivity contribution in [1.82, 2.24) is 5.16 Å². The Kier molecular flexibility index (Phi) is 3.78. The summed E-state index contributed by atoms with van der Waals surface area (Å²) in [6, 6.07) is 7.63. The van der Waals surface area contributed by atoms with Crippen LogP contribution in [0.4, 0.5) is 13.2 Å². The minimum atomic E-state index is -4.51. The van der Waals surface area contributed by atoms with Crippen LogP contribution in [0, 0.1) is 0 Å². The maximum atomic E-state index is 12.5. The number of aromatic nitrogens is 1. The lowest BCUT2D eigenvalue weighted by atomic mass is 10.1. The Morgan fingerprint density at radius 1 is 1.26 bits per heavy atom. The van der Waals surface area contributed by atoms with Crippen LogP contribution in [-0.4, -0.2) is 11.8 Å². The van der Waals surface area contributed by atoms with E-state index in [1.165, 1.54) is 0 Å². The molecule has 0 aliphatic carbocycles. The van der Waals surface area contributed by atoms with E-state index in [2.05, 4.69) is 5.16 Å². The molecule has 0 bridgehead atoms. The minimum absolute atomic E-state index is 0.0408. The van der Waals surface area contributed by atoms with Gasteiger partial charge >= 0.3 is 6.18 Å². The van der Waals surface area contributed by atoms with Crippen LogP contribution in [0.3, 0.4) is 0 Å². The number of halogens is 3. The lowest BCUT2D eigenvalue weighted by Crippen LogP contribution is -2.04. The molecule has 0 fully saturated rings. The smallest absolute Gasteiger partial charge is 0.436 e. The van der Waals surface area contributed by atoms with Gasteiger partial charge < -0.3 is 9.26 Å². The summed E-state index contributed by atoms with van der Waals surface area (Å²) in [7, 11) is 0. The molecule has 1 heterocycles. The van der Waals surface area contributed by atoms with Gasteiger partial charge in [0.15, 0.2) is 11.5 Å². The Bertz CT molecular complexity index is 549. The summed E-state index contributed by atoms with van der Waals surface area (Å²) in [5.41, 5.74) is -0.591. The second kappa shape index (κ2) is 5.34. The minimum Gasteiger partial charge on any atom is -0.493 e. The molecule has 19 heavy (non-hydrogen) atoms. The normalized spacial score (nSPS) is 11.6. The summed E-state index contributed by atoms with van der Waals surface area (Å²) in [6.45, 7) is 2.43. The van der Waals surface area contributed by atoms with E-state index >= 15 is 0 Å². The van der Waals surface area contributed by atoms with Gasteiger partial charge in [-0.25, -0.2) is 0 Å². The van der Waals surface area contributed by atoms with Crippen molar-refractivity contribution in [3.05, 3.63) is 36.0 Å². The van der Waals surface area contributed by atoms with Crippen molar-refractivity contribution >= 4 is 0 Å². The molecule has 0 saturated carbocycles. The van der Waals surface area contributed by atoms with Crippen LogP contribution in [0.1, 0.15) is 19.0 Å². The van der Waals surface area contributed by atoms with Crippen molar-refractivity contribution in [2.24, 2.45) is 0 Å². The van der Waals surface area contributed by atoms with E-state index in [4.69, 9.17) is 9.26 Å². The number of hydrogen-bond donors (Lipinski definition) is 0. The molecule has 6 heteroatoms. The number of alkyl halides is 3. The molecular formula is C13H12F3NO2. The van der Waals surface area contributed by atoms with Gasteiger partial charge in [-0.05, 0) is 18.6 Å². The summed E-state index contributed by atoms with van der Waals surface area (Å²) in [5.74, 6) is 0.522. The average molecular weight is 271 g/mol. The van der Waals surface area contributed by atoms with Gasteiger partial charge in [0, 0.05) is 6.07 Å². The highest BCUT2D eigenvalue weighted by molar-refractivity contribution is 5.65. The highest BCUT2D eigenvalue weighted by atomic mass is 19.4. The van der Waals surface area contributed by atoms with Crippen LogP contribution in [0.15, 0.2) is 34.9 Å². The van der Waals surface area contributed by atoms with Gasteiger partial charge in [-0.1, -0.05) is 24.2 Å². The first-order valence-corrected chi connectivity index (χ1v) is 5.78. The fourth-order valence-electron chi connectivity index (χ4n) is 1.54. The molecule has 2 aromatic rings. The molecular weight excluding hydrogens is 259 g/mol. The molecule has 0 aliphatic heterocycles. The first-order valence-electron chi connectivity index (χ1n) is 5.78. The van der Waals surface area contributed by atoms with Gasteiger partial charge in [-0.15, -0.1) is 0 Å². The van der Waals surface area contributed by atoms with E-state index in [0.29, 0.717) is 17.9 Å². The predicted octanol–water partition coefficient (Wildman–Crippen LogP) is 4.15. The second-order valence-electron chi connectivity index (χ2n) is 3.92. The third-order valence-corrected chi connectivity index (χ3v) is 2.41. The lowest BCUT2D eigenvalue weighted by Gasteiger charge is -2.07. The Hall–Kier alpha value is -1.98. The van der Waals surface area contributed by atoms with Gasteiger partial charge in [-0.3, -0.25) is 0 Å². The van der Waals surface area contributed by atoms with E-state index in [0.717, 1.165) is 12.5 Å². The van der Waals surface area contributed by atoms with E-state index in [9.17, 15) is 13.2 Å². The molecule has 1 aromatic carbocycles. The van der Waals surface area contributed by atoms with Gasteiger partial charge in [0.05, 0.1) is 12.2 Å². The highest BCUT2D eigenvalue weighted by Gasteiger charge is 2.35. The summed E-state index contributed by atoms with van der Waals surface area (Å²) in [6.07, 6.45) is -3.71. The van der Waals surface area contributed by atoms with Gasteiger partial charge in [-0.2, -0.15) is 13.2 Å². The third kappa shape index (κ3) is 3.07. The number of rotatable bonds is 4. The Balaban J connectivity index is 2.33. The largest absolute Gasteiger partial charge is 0.493 e. The van der Waals surface area contributed by atoms with Gasteiger partial charge in [0.25, 0.3) is 0 Å². The van der Waals surface area contributed by atoms with Crippen molar-refractivity contribution in [1.29, 1.82) is 0 Å². The molecule has 0 unspecified atom stereocenters. The SMILES string of the molecule is CCCOc1ccccc1-c1cc(C(F)(F)F)no1. The van der Waals surface area contributed by atoms with Crippen molar-refractivity contribution < 1.29 is 22.4 Å². The predicted molar refractivity (Wildman–Crippen MR) is 62.7 cm³/mol. The monoisotopic (exact) mass is 271 g/mol. The molecule has 102 valence electrons. The Morgan fingerprint density at radius 2 is 2.00 bits per heavy atom. The molecule has 1 aromatic heterocycles. The van der Waals surface area contributed by atoms with Crippen LogP contribution in [0.5, 0.6) is 5.75 Å². The first kappa shape index (κ1) is 13.5. The molecule has 0 N–H and O–H groups in total. The van der Waals surface area contributed by atoms with Gasteiger partial charge in [0.2, 0.25) is 0 Å². The zero-order valence-corrected chi connectivity index (χ0v) is 10.2. The maximum Gasteiger partial charge on any atom is 0.436 e. The van der Waals surface area contributed by atoms with Crippen LogP contribution >= 0.6 is 0 Å². The van der Waals surface area contributed by atoms with Crippen LogP contribution in [-0.2, 0) is 6.18 Å². The van der Waals surface area contributed by atoms with E-state index in [1.54, 1.807) is 24.3 Å². The zero-order chi connectivity index (χ0) is 13.9. The molecule has 2 rings (SSSR count). The second-order valence-corrected chi connectivity index (χ2v) is 3.92. The topological polar surface area (TPSA) is 35.3 Å². The number of ether oxygens (including phenoxy) is 1. The molecule has 0 spiro atoms. The summed E-state index contributed by atoms with van der Waals surface area (Å²) >= 11 is 0. The Labute approximate surface area is 108 Å². The van der Waals surface area contributed by atoms with Crippen molar-refractivity contribution in [3.63, 3.8) is 0 Å². The number of para-hydroxylation sites is 1. The Morgan fingerprint density at radius 3 is 2.63 bits per heavy atom. The van der Waals surface area contributed by atoms with E-state index in [1.807, 2.05) is 6.92 Å². The van der Waals surface area contributed by atoms with E-state index < -0.39 is 11.9 Å². The van der Waals surface area contributed by atoms with Crippen LogP contribution in [0.2, 0.25) is 0 Å². The van der Waals surface area contributed by atoms with Crippen LogP contribution < -0.4 is 4.74 Å². The van der Waals surface area contributed by atoms with Crippen molar-refractivity contribution in [3.8, 4) is 17.1 Å². The molecule has 0 atom stereocenters. The molecule has 0 amide bonds. The quantitative estimate of drug-likeness (QED) is 0.838. The average Bonchev–Trinajstić information content (AvgIpc) is 2.86. The molecule has 0 saturated heterocycles. The fourth-order valence-corrected chi connectivity index (χ4v) is 1.54. The summed E-state index contributed by atoms with van der Waals surface area (Å²) in [4.78, 5) is 0. The third-order valence-electron chi connectivity index (χ3n) is 2.41. The zero-order valence-electron chi connectivity index (χ0n) is 10.2. The fraction of sp³-hybridized carbons (Fsp3) is 0.308. The molecule has 0 aliphatic rings. The highest BCUT2D eigenvalue weighted by Crippen LogP contribution is 2.35. The number of hydrogen-bond acceptors (Lipinski definition) is 3. The van der Waals surface area contributed by atoms with Crippen molar-refractivity contribution in [2.45, 2.75) is 19.5 Å². The molecule has 0 radical (unpaired) electrons. The first-order chi connectivity index (χ1) is 9.02. The molecule has 3 nitrogen and oxygen atoms in total. The number of benzene rings is 1. The van der Waals surface area contributed by atoms with Gasteiger partial charge in [0.1, 0.15) is 5.75 Å². The summed E-state index contributed by atoms with van der Waals surface area (Å²) in [5, 5.41) is 3.03. The lowest BCUT2D eigenvalue weighted by molar-refractivity contribution is -0.142. The number of nitrogens with zero attached hydrogens (tertiary/aromatic N) is 1. The van der Waals surface area contributed by atoms with Crippen molar-refractivity contribution in [2.75, 3.05) is 6.61 Å².